The molecular formula is C43H40ClN5. The molecule has 0 saturated carbocycles. The number of fused-ring (bicyclic) bond motifs is 12. The number of halogens is 1. The van der Waals surface area contributed by atoms with Crippen molar-refractivity contribution in [2.24, 2.45) is 0 Å². The van der Waals surface area contributed by atoms with Crippen molar-refractivity contribution in [1.29, 1.82) is 0 Å². The fourth-order valence-corrected chi connectivity index (χ4v) is 9.65. The van der Waals surface area contributed by atoms with Gasteiger partial charge >= 0.3 is 0 Å². The first kappa shape index (κ1) is 29.5. The molecule has 4 atom stereocenters. The molecule has 3 aromatic carbocycles. The van der Waals surface area contributed by atoms with Crippen LogP contribution in [0.1, 0.15) is 72.2 Å². The zero-order chi connectivity index (χ0) is 32.8. The SMILES string of the molecule is C/C(=C\n1c2c(c3c(-c4ccc(/C(C)=C/n5c6c(c7cc(Cl)ccc75)CN5CCC6C5)cc4)cccc31)CN1CCC2C1)c1ccncc1. The van der Waals surface area contributed by atoms with Crippen molar-refractivity contribution in [1.82, 2.24) is 23.9 Å². The van der Waals surface area contributed by atoms with Crippen LogP contribution in [0.15, 0.2) is 85.2 Å². The van der Waals surface area contributed by atoms with Gasteiger partial charge in [0.05, 0.1) is 11.0 Å². The van der Waals surface area contributed by atoms with Crippen molar-refractivity contribution >= 4 is 57.0 Å². The van der Waals surface area contributed by atoms with Crippen LogP contribution < -0.4 is 0 Å². The molecule has 0 radical (unpaired) electrons. The summed E-state index contributed by atoms with van der Waals surface area (Å²) in [6.45, 7) is 11.2. The number of hydrogen-bond donors (Lipinski definition) is 0. The topological polar surface area (TPSA) is 29.2 Å². The predicted molar refractivity (Wildman–Crippen MR) is 204 cm³/mol. The average Bonchev–Trinajstić information content (AvgIpc) is 3.87. The van der Waals surface area contributed by atoms with Gasteiger partial charge in [-0.25, -0.2) is 0 Å². The summed E-state index contributed by atoms with van der Waals surface area (Å²) in [5.74, 6) is 1.15. The van der Waals surface area contributed by atoms with Crippen LogP contribution in [0.5, 0.6) is 0 Å². The highest BCUT2D eigenvalue weighted by molar-refractivity contribution is 6.31. The molecule has 0 aliphatic carbocycles. The fraction of sp³-hybridized carbons (Fsp3) is 0.279. The van der Waals surface area contributed by atoms with Crippen molar-refractivity contribution in [2.45, 2.75) is 51.6 Å². The average molecular weight is 662 g/mol. The standard InChI is InChI=1S/C43H40ClN5/c1-27(21-48-39-11-10-34(44)20-36(39)37-25-46-18-14-32(23-46)42(37)48)29-6-8-31(9-7-29)35-4-3-5-40-41(35)38-26-47-19-15-33(24-47)43(38)49(40)22-28(2)30-12-16-45-17-13-30/h3-13,16-17,20-22,32-33H,14-15,18-19,23-26H2,1-2H3/b27-21+,28-22+. The first-order valence-corrected chi connectivity index (χ1v) is 18.2. The van der Waals surface area contributed by atoms with Crippen LogP contribution in [0.4, 0.5) is 0 Å². The minimum Gasteiger partial charge on any atom is -0.319 e. The fourth-order valence-electron chi connectivity index (χ4n) is 9.48. The number of benzene rings is 3. The third-order valence-electron chi connectivity index (χ3n) is 11.8. The lowest BCUT2D eigenvalue weighted by Gasteiger charge is -2.24. The third-order valence-corrected chi connectivity index (χ3v) is 12.0. The second kappa shape index (κ2) is 11.3. The second-order valence-electron chi connectivity index (χ2n) is 14.7. The molecule has 4 aliphatic rings. The van der Waals surface area contributed by atoms with Gasteiger partial charge in [0.15, 0.2) is 0 Å². The summed E-state index contributed by atoms with van der Waals surface area (Å²) in [5, 5.41) is 3.52. The normalized spacial score (nSPS) is 23.0. The first-order valence-electron chi connectivity index (χ1n) is 17.8. The molecule has 2 saturated heterocycles. The van der Waals surface area contributed by atoms with Crippen LogP contribution in [0, 0.1) is 0 Å². The maximum atomic E-state index is 6.52. The number of nitrogens with zero attached hydrogens (tertiary/aromatic N) is 5. The van der Waals surface area contributed by atoms with Gasteiger partial charge < -0.3 is 9.13 Å². The van der Waals surface area contributed by atoms with E-state index in [1.54, 1.807) is 0 Å². The van der Waals surface area contributed by atoms with Crippen molar-refractivity contribution in [3.05, 3.63) is 124 Å². The summed E-state index contributed by atoms with van der Waals surface area (Å²) < 4.78 is 5.01. The highest BCUT2D eigenvalue weighted by Crippen LogP contribution is 2.46. The van der Waals surface area contributed by atoms with Gasteiger partial charge in [0, 0.05) is 90.0 Å². The van der Waals surface area contributed by atoms with Gasteiger partial charge in [-0.15, -0.1) is 0 Å². The molecule has 6 aromatic rings. The van der Waals surface area contributed by atoms with Crippen molar-refractivity contribution in [3.8, 4) is 11.1 Å². The summed E-state index contributed by atoms with van der Waals surface area (Å²) >= 11 is 6.52. The minimum absolute atomic E-state index is 0.569. The number of hydrogen-bond acceptors (Lipinski definition) is 3. The maximum absolute atomic E-state index is 6.52. The Hall–Kier alpha value is -4.42. The van der Waals surface area contributed by atoms with Crippen molar-refractivity contribution in [2.75, 3.05) is 26.2 Å². The lowest BCUT2D eigenvalue weighted by atomic mass is 9.93. The third kappa shape index (κ3) is 4.70. The van der Waals surface area contributed by atoms with E-state index in [-0.39, 0.29) is 0 Å². The van der Waals surface area contributed by atoms with E-state index in [4.69, 9.17) is 11.6 Å². The Morgan fingerprint density at radius 1 is 0.714 bits per heavy atom. The number of pyridine rings is 1. The van der Waals surface area contributed by atoms with E-state index < -0.39 is 0 Å². The van der Waals surface area contributed by atoms with Crippen LogP contribution in [-0.4, -0.2) is 50.1 Å². The lowest BCUT2D eigenvalue weighted by Crippen LogP contribution is -2.25. The van der Waals surface area contributed by atoms with Gasteiger partial charge in [-0.05, 0) is 121 Å². The molecule has 5 nitrogen and oxygen atoms in total. The summed E-state index contributed by atoms with van der Waals surface area (Å²) in [4.78, 5) is 9.49. The molecule has 6 heteroatoms. The Bertz CT molecular complexity index is 2340. The monoisotopic (exact) mass is 661 g/mol. The predicted octanol–water partition coefficient (Wildman–Crippen LogP) is 9.95. The number of rotatable bonds is 5. The molecule has 49 heavy (non-hydrogen) atoms. The Kier molecular flexibility index (Phi) is 6.81. The van der Waals surface area contributed by atoms with E-state index in [1.807, 2.05) is 18.5 Å². The summed E-state index contributed by atoms with van der Waals surface area (Å²) in [7, 11) is 0. The van der Waals surface area contributed by atoms with E-state index in [2.05, 4.69) is 117 Å². The highest BCUT2D eigenvalue weighted by atomic mass is 35.5. The molecule has 0 N–H and O–H groups in total. The summed E-state index contributed by atoms with van der Waals surface area (Å²) in [6.07, 6.45) is 11.0. The first-order chi connectivity index (χ1) is 24.0. The quantitative estimate of drug-likeness (QED) is 0.184. The Morgan fingerprint density at radius 3 is 2.06 bits per heavy atom. The van der Waals surface area contributed by atoms with Crippen LogP contribution in [0.25, 0.3) is 56.5 Å². The molecule has 244 valence electrons. The van der Waals surface area contributed by atoms with Crippen molar-refractivity contribution in [3.63, 3.8) is 0 Å². The highest BCUT2D eigenvalue weighted by Gasteiger charge is 2.37. The van der Waals surface area contributed by atoms with Crippen LogP contribution >= 0.6 is 11.6 Å². The van der Waals surface area contributed by atoms with Gasteiger partial charge in [0.25, 0.3) is 0 Å². The zero-order valence-electron chi connectivity index (χ0n) is 28.2. The molecule has 7 heterocycles. The van der Waals surface area contributed by atoms with Crippen molar-refractivity contribution < 1.29 is 0 Å². The summed E-state index contributed by atoms with van der Waals surface area (Å²) in [5.41, 5.74) is 16.1. The molecule has 4 aliphatic heterocycles. The molecule has 2 fully saturated rings. The maximum Gasteiger partial charge on any atom is 0.0535 e. The van der Waals surface area contributed by atoms with Gasteiger partial charge in [0.2, 0.25) is 0 Å². The van der Waals surface area contributed by atoms with Crippen LogP contribution in [0.3, 0.4) is 0 Å². The van der Waals surface area contributed by atoms with Gasteiger partial charge in [-0.1, -0.05) is 48.0 Å². The Balaban J connectivity index is 1.06. The van der Waals surface area contributed by atoms with E-state index in [0.29, 0.717) is 11.8 Å². The largest absolute Gasteiger partial charge is 0.319 e. The molecular weight excluding hydrogens is 622 g/mol. The van der Waals surface area contributed by atoms with Crippen LogP contribution in [0.2, 0.25) is 5.02 Å². The Labute approximate surface area is 292 Å². The molecule has 3 aromatic heterocycles. The van der Waals surface area contributed by atoms with E-state index in [0.717, 1.165) is 31.2 Å². The molecule has 4 bridgehead atoms. The lowest BCUT2D eigenvalue weighted by molar-refractivity contribution is 0.313. The molecule has 0 amide bonds. The van der Waals surface area contributed by atoms with Crippen LogP contribution in [-0.2, 0) is 13.1 Å². The van der Waals surface area contributed by atoms with E-state index in [9.17, 15) is 0 Å². The smallest absolute Gasteiger partial charge is 0.0535 e. The van der Waals surface area contributed by atoms with E-state index >= 15 is 0 Å². The van der Waals surface area contributed by atoms with Gasteiger partial charge in [-0.2, -0.15) is 0 Å². The minimum atomic E-state index is 0.569. The zero-order valence-corrected chi connectivity index (χ0v) is 28.9. The van der Waals surface area contributed by atoms with Gasteiger partial charge in [0.1, 0.15) is 0 Å². The number of allylic oxidation sites excluding steroid dienone is 2. The number of aromatic nitrogens is 3. The van der Waals surface area contributed by atoms with E-state index in [1.165, 1.54) is 104 Å². The Morgan fingerprint density at radius 2 is 1.35 bits per heavy atom. The molecule has 10 rings (SSSR count). The molecule has 0 spiro atoms. The second-order valence-corrected chi connectivity index (χ2v) is 15.1. The molecule has 4 unspecified atom stereocenters. The van der Waals surface area contributed by atoms with Gasteiger partial charge in [-0.3, -0.25) is 14.8 Å². The summed E-state index contributed by atoms with van der Waals surface area (Å²) in [6, 6.07) is 26.8.